The van der Waals surface area contributed by atoms with E-state index in [1.165, 1.54) is 5.56 Å². The van der Waals surface area contributed by atoms with Gasteiger partial charge in [-0.05, 0) is 30.5 Å². The molecule has 3 N–H and O–H groups in total. The second kappa shape index (κ2) is 7.65. The van der Waals surface area contributed by atoms with E-state index in [4.69, 9.17) is 4.74 Å². The summed E-state index contributed by atoms with van der Waals surface area (Å²) in [5, 5.41) is 11.3. The van der Waals surface area contributed by atoms with Crippen molar-refractivity contribution in [3.8, 4) is 11.4 Å². The number of nitrogens with one attached hydrogen (secondary N) is 3. The van der Waals surface area contributed by atoms with E-state index >= 15 is 0 Å². The monoisotopic (exact) mass is 390 g/mol. The van der Waals surface area contributed by atoms with Gasteiger partial charge in [0.2, 0.25) is 5.91 Å². The second-order valence-electron chi connectivity index (χ2n) is 7.36. The van der Waals surface area contributed by atoms with Crippen molar-refractivity contribution in [3.63, 3.8) is 0 Å². The molecular formula is C21H22N6O2. The number of hydrogen-bond acceptors (Lipinski definition) is 6. The molecule has 148 valence electrons. The molecule has 8 nitrogen and oxygen atoms in total. The van der Waals surface area contributed by atoms with E-state index in [2.05, 4.69) is 38.5 Å². The number of ether oxygens (including phenoxy) is 1. The van der Waals surface area contributed by atoms with Crippen LogP contribution in [0, 0.1) is 0 Å². The second-order valence-corrected chi connectivity index (χ2v) is 7.36. The minimum Gasteiger partial charge on any atom is -0.489 e. The third kappa shape index (κ3) is 3.59. The summed E-state index contributed by atoms with van der Waals surface area (Å²) in [5.74, 6) is 1.33. The number of carbonyl (C=O) groups excluding carboxylic acids is 1. The molecule has 1 saturated heterocycles. The Bertz CT molecular complexity index is 1010. The highest BCUT2D eigenvalue weighted by Crippen LogP contribution is 2.29. The topological polar surface area (TPSA) is 93.1 Å². The Kier molecular flexibility index (Phi) is 4.71. The third-order valence-corrected chi connectivity index (χ3v) is 5.36. The van der Waals surface area contributed by atoms with Gasteiger partial charge in [0.05, 0.1) is 5.69 Å². The molecular weight excluding hydrogens is 368 g/mol. The predicted molar refractivity (Wildman–Crippen MR) is 106 cm³/mol. The van der Waals surface area contributed by atoms with Crippen LogP contribution < -0.4 is 20.9 Å². The largest absolute Gasteiger partial charge is 0.489 e. The highest BCUT2D eigenvalue weighted by Gasteiger charge is 2.33. The first-order valence-corrected chi connectivity index (χ1v) is 9.75. The Hall–Kier alpha value is -3.23. The molecule has 0 bridgehead atoms. The molecule has 3 atom stereocenters. The Balaban J connectivity index is 1.26. The number of aromatic nitrogens is 3. The summed E-state index contributed by atoms with van der Waals surface area (Å²) in [7, 11) is 0. The minimum absolute atomic E-state index is 0.0813. The van der Waals surface area contributed by atoms with Crippen LogP contribution in [0.15, 0.2) is 60.9 Å². The highest BCUT2D eigenvalue weighted by atomic mass is 16.5. The average Bonchev–Trinajstić information content (AvgIpc) is 3.39. The highest BCUT2D eigenvalue weighted by molar-refractivity contribution is 5.82. The maximum absolute atomic E-state index is 12.9. The van der Waals surface area contributed by atoms with Gasteiger partial charge in [0.25, 0.3) is 0 Å². The van der Waals surface area contributed by atoms with Gasteiger partial charge in [-0.2, -0.15) is 0 Å². The number of carbonyl (C=O) groups is 1. The van der Waals surface area contributed by atoms with Crippen molar-refractivity contribution in [2.24, 2.45) is 0 Å². The Morgan fingerprint density at radius 1 is 1.14 bits per heavy atom. The number of hydrazine groups is 1. The van der Waals surface area contributed by atoms with Gasteiger partial charge in [0.1, 0.15) is 30.8 Å². The van der Waals surface area contributed by atoms with Gasteiger partial charge in [-0.15, -0.1) is 10.2 Å². The van der Waals surface area contributed by atoms with E-state index in [1.807, 2.05) is 47.0 Å². The van der Waals surface area contributed by atoms with Crippen LogP contribution in [0.1, 0.15) is 23.9 Å². The van der Waals surface area contributed by atoms with Crippen LogP contribution in [0.4, 0.5) is 0 Å². The van der Waals surface area contributed by atoms with Crippen LogP contribution in [-0.2, 0) is 11.2 Å². The molecule has 0 spiro atoms. The predicted octanol–water partition coefficient (Wildman–Crippen LogP) is 1.29. The van der Waals surface area contributed by atoms with Crippen molar-refractivity contribution >= 4 is 5.91 Å². The zero-order valence-electron chi connectivity index (χ0n) is 15.8. The number of para-hydroxylation sites is 2. The molecule has 29 heavy (non-hydrogen) atoms. The smallest absolute Gasteiger partial charge is 0.239 e. The molecule has 2 unspecified atom stereocenters. The van der Waals surface area contributed by atoms with Gasteiger partial charge < -0.3 is 10.1 Å². The van der Waals surface area contributed by atoms with Crippen LogP contribution in [0.2, 0.25) is 0 Å². The van der Waals surface area contributed by atoms with E-state index < -0.39 is 0 Å². The molecule has 3 aromatic rings. The zero-order chi connectivity index (χ0) is 19.6. The summed E-state index contributed by atoms with van der Waals surface area (Å²) < 4.78 is 7.79. The molecule has 2 aliphatic rings. The first-order chi connectivity index (χ1) is 14.3. The van der Waals surface area contributed by atoms with Crippen molar-refractivity contribution < 1.29 is 9.53 Å². The SMILES string of the molecule is O=C(N[C@H]1COc2ccccc2-n2cnnc21)C1CC(Cc2ccccc2)NN1. The fourth-order valence-electron chi connectivity index (χ4n) is 3.90. The normalized spacial score (nSPS) is 22.8. The van der Waals surface area contributed by atoms with Crippen LogP contribution in [-0.4, -0.2) is 39.4 Å². The molecule has 2 aliphatic heterocycles. The Labute approximate surface area is 168 Å². The molecule has 3 heterocycles. The third-order valence-electron chi connectivity index (χ3n) is 5.36. The molecule has 5 rings (SSSR count). The molecule has 1 amide bonds. The van der Waals surface area contributed by atoms with Crippen LogP contribution in [0.5, 0.6) is 5.75 Å². The number of nitrogens with zero attached hydrogens (tertiary/aromatic N) is 3. The van der Waals surface area contributed by atoms with E-state index in [9.17, 15) is 4.79 Å². The summed E-state index contributed by atoms with van der Waals surface area (Å²) in [5.41, 5.74) is 8.47. The number of amides is 1. The van der Waals surface area contributed by atoms with Gasteiger partial charge in [-0.1, -0.05) is 42.5 Å². The maximum atomic E-state index is 12.9. The number of fused-ring (bicyclic) bond motifs is 3. The Morgan fingerprint density at radius 3 is 2.86 bits per heavy atom. The molecule has 0 aliphatic carbocycles. The summed E-state index contributed by atoms with van der Waals surface area (Å²) in [4.78, 5) is 12.9. The van der Waals surface area contributed by atoms with Gasteiger partial charge in [-0.3, -0.25) is 14.8 Å². The molecule has 1 aromatic heterocycles. The first kappa shape index (κ1) is 17.8. The van der Waals surface area contributed by atoms with Crippen molar-refractivity contribution in [2.45, 2.75) is 31.0 Å². The zero-order valence-corrected chi connectivity index (χ0v) is 15.8. The van der Waals surface area contributed by atoms with E-state index in [0.717, 1.165) is 17.9 Å². The lowest BCUT2D eigenvalue weighted by Gasteiger charge is -2.18. The standard InChI is InChI=1S/C21H22N6O2/c28-21(16-11-15(24-25-16)10-14-6-2-1-3-7-14)23-17-12-29-19-9-5-4-8-18(19)27-13-22-26-20(17)27/h1-9,13,15-17,24-25H,10-12H2,(H,23,28)/t15?,16?,17-/m0/s1. The summed E-state index contributed by atoms with van der Waals surface area (Å²) in [6, 6.07) is 17.5. The van der Waals surface area contributed by atoms with Crippen molar-refractivity contribution in [3.05, 3.63) is 72.3 Å². The summed E-state index contributed by atoms with van der Waals surface area (Å²) >= 11 is 0. The van der Waals surface area contributed by atoms with Crippen molar-refractivity contribution in [1.82, 2.24) is 30.9 Å². The minimum atomic E-state index is -0.382. The molecule has 0 radical (unpaired) electrons. The lowest BCUT2D eigenvalue weighted by Crippen LogP contribution is -2.45. The average molecular weight is 390 g/mol. The summed E-state index contributed by atoms with van der Waals surface area (Å²) in [6.07, 6.45) is 3.22. The van der Waals surface area contributed by atoms with E-state index in [-0.39, 0.29) is 24.0 Å². The van der Waals surface area contributed by atoms with E-state index in [1.54, 1.807) is 6.33 Å². The van der Waals surface area contributed by atoms with Crippen molar-refractivity contribution in [1.29, 1.82) is 0 Å². The van der Waals surface area contributed by atoms with Crippen LogP contribution in [0.25, 0.3) is 5.69 Å². The van der Waals surface area contributed by atoms with Crippen LogP contribution in [0.3, 0.4) is 0 Å². The summed E-state index contributed by atoms with van der Waals surface area (Å²) in [6.45, 7) is 0.301. The number of rotatable bonds is 4. The maximum Gasteiger partial charge on any atom is 0.239 e. The lowest BCUT2D eigenvalue weighted by molar-refractivity contribution is -0.124. The fraction of sp³-hybridized carbons (Fsp3) is 0.286. The van der Waals surface area contributed by atoms with Gasteiger partial charge in [0, 0.05) is 6.04 Å². The quantitative estimate of drug-likeness (QED) is 0.622. The van der Waals surface area contributed by atoms with E-state index in [0.29, 0.717) is 18.9 Å². The first-order valence-electron chi connectivity index (χ1n) is 9.75. The number of benzene rings is 2. The molecule has 1 fully saturated rings. The molecule has 0 saturated carbocycles. The molecule has 2 aromatic carbocycles. The fourth-order valence-corrected chi connectivity index (χ4v) is 3.90. The van der Waals surface area contributed by atoms with Gasteiger partial charge in [0.15, 0.2) is 5.82 Å². The van der Waals surface area contributed by atoms with Gasteiger partial charge >= 0.3 is 0 Å². The number of hydrogen-bond donors (Lipinski definition) is 3. The van der Waals surface area contributed by atoms with Crippen molar-refractivity contribution in [2.75, 3.05) is 6.61 Å². The molecule has 8 heteroatoms. The lowest BCUT2D eigenvalue weighted by atomic mass is 10.0. The Morgan fingerprint density at radius 2 is 1.97 bits per heavy atom. The van der Waals surface area contributed by atoms with Gasteiger partial charge in [-0.25, -0.2) is 5.43 Å². The van der Waals surface area contributed by atoms with Crippen LogP contribution >= 0.6 is 0 Å².